The molecule has 0 aromatic heterocycles. The molecule has 0 spiro atoms. The summed E-state index contributed by atoms with van der Waals surface area (Å²) in [5.41, 5.74) is 1.61. The maximum atomic E-state index is 13.0. The topological polar surface area (TPSA) is 49.9 Å². The van der Waals surface area contributed by atoms with Gasteiger partial charge in [-0.25, -0.2) is 4.39 Å². The molecule has 6 heteroatoms. The molecular formula is C22H21FN2O3. The zero-order valence-electron chi connectivity index (χ0n) is 15.4. The number of benzene rings is 2. The number of anilines is 1. The largest absolute Gasteiger partial charge is 0.484 e. The van der Waals surface area contributed by atoms with Crippen molar-refractivity contribution >= 4 is 17.5 Å². The summed E-state index contributed by atoms with van der Waals surface area (Å²) in [7, 11) is 0. The maximum absolute atomic E-state index is 13.0. The van der Waals surface area contributed by atoms with Crippen LogP contribution in [0.5, 0.6) is 5.75 Å². The normalized spacial score (nSPS) is 13.3. The number of ether oxygens (including phenoxy) is 1. The fourth-order valence-electron chi connectivity index (χ4n) is 3.03. The summed E-state index contributed by atoms with van der Waals surface area (Å²) in [5, 5.41) is 0. The van der Waals surface area contributed by atoms with Crippen LogP contribution in [0.2, 0.25) is 0 Å². The van der Waals surface area contributed by atoms with E-state index in [1.165, 1.54) is 17.0 Å². The lowest BCUT2D eigenvalue weighted by Gasteiger charge is -2.21. The van der Waals surface area contributed by atoms with Gasteiger partial charge in [-0.3, -0.25) is 9.59 Å². The summed E-state index contributed by atoms with van der Waals surface area (Å²) in [6.45, 7) is 0.977. The number of carbonyl (C=O) groups excluding carboxylic acids is 2. The van der Waals surface area contributed by atoms with Gasteiger partial charge in [0.05, 0.1) is 6.54 Å². The highest BCUT2D eigenvalue weighted by molar-refractivity contribution is 5.95. The van der Waals surface area contributed by atoms with Gasteiger partial charge in [0.2, 0.25) is 5.91 Å². The molecule has 1 aliphatic heterocycles. The third-order valence-corrected chi connectivity index (χ3v) is 4.51. The lowest BCUT2D eigenvalue weighted by Crippen LogP contribution is -2.34. The number of rotatable bonds is 7. The van der Waals surface area contributed by atoms with E-state index in [0.29, 0.717) is 12.2 Å². The van der Waals surface area contributed by atoms with Crippen LogP contribution in [0.3, 0.4) is 0 Å². The third-order valence-electron chi connectivity index (χ3n) is 4.51. The van der Waals surface area contributed by atoms with Crippen LogP contribution in [0.15, 0.2) is 48.5 Å². The predicted octanol–water partition coefficient (Wildman–Crippen LogP) is 2.99. The molecule has 1 aliphatic rings. The van der Waals surface area contributed by atoms with Crippen molar-refractivity contribution in [1.82, 2.24) is 4.90 Å². The van der Waals surface area contributed by atoms with Crippen LogP contribution < -0.4 is 9.64 Å². The van der Waals surface area contributed by atoms with Gasteiger partial charge in [-0.2, -0.15) is 0 Å². The van der Waals surface area contributed by atoms with Crippen molar-refractivity contribution in [3.8, 4) is 18.1 Å². The van der Waals surface area contributed by atoms with Crippen LogP contribution in [0, 0.1) is 18.2 Å². The highest BCUT2D eigenvalue weighted by Gasteiger charge is 2.21. The minimum Gasteiger partial charge on any atom is -0.484 e. The van der Waals surface area contributed by atoms with Gasteiger partial charge < -0.3 is 14.5 Å². The van der Waals surface area contributed by atoms with E-state index in [9.17, 15) is 14.0 Å². The molecule has 28 heavy (non-hydrogen) atoms. The standard InChI is InChI=1S/C22H21FN2O3/c1-2-13-24(15-17-5-7-18(23)8-6-17)22(27)16-28-20-11-9-19(10-12-20)25-14-3-4-21(25)26/h1,5-12H,3-4,13-16H2. The van der Waals surface area contributed by atoms with Crippen LogP contribution in [0.1, 0.15) is 18.4 Å². The first-order valence-electron chi connectivity index (χ1n) is 9.06. The van der Waals surface area contributed by atoms with Crippen LogP contribution in [0.4, 0.5) is 10.1 Å². The first kappa shape index (κ1) is 19.4. The molecule has 5 nitrogen and oxygen atoms in total. The monoisotopic (exact) mass is 380 g/mol. The second-order valence-corrected chi connectivity index (χ2v) is 6.51. The van der Waals surface area contributed by atoms with Gasteiger partial charge in [0, 0.05) is 25.2 Å². The number of hydrogen-bond donors (Lipinski definition) is 0. The Hall–Kier alpha value is -3.33. The fourth-order valence-corrected chi connectivity index (χ4v) is 3.03. The minimum atomic E-state index is -0.332. The Bertz CT molecular complexity index is 872. The zero-order valence-corrected chi connectivity index (χ0v) is 15.4. The summed E-state index contributed by atoms with van der Waals surface area (Å²) < 4.78 is 18.6. The molecule has 0 N–H and O–H groups in total. The summed E-state index contributed by atoms with van der Waals surface area (Å²) in [5.74, 6) is 2.52. The number of amides is 2. The fraction of sp³-hybridized carbons (Fsp3) is 0.273. The highest BCUT2D eigenvalue weighted by Crippen LogP contribution is 2.24. The molecule has 0 radical (unpaired) electrons. The Morgan fingerprint density at radius 3 is 2.50 bits per heavy atom. The molecule has 0 bridgehead atoms. The van der Waals surface area contributed by atoms with E-state index in [4.69, 9.17) is 11.2 Å². The molecule has 0 aliphatic carbocycles. The minimum absolute atomic E-state index is 0.120. The average Bonchev–Trinajstić information content (AvgIpc) is 3.14. The van der Waals surface area contributed by atoms with E-state index < -0.39 is 0 Å². The molecule has 144 valence electrons. The zero-order chi connectivity index (χ0) is 19.9. The molecule has 0 unspecified atom stereocenters. The van der Waals surface area contributed by atoms with Gasteiger partial charge in [0.1, 0.15) is 11.6 Å². The molecule has 2 aromatic carbocycles. The molecule has 2 aromatic rings. The van der Waals surface area contributed by atoms with Gasteiger partial charge in [-0.15, -0.1) is 6.42 Å². The predicted molar refractivity (Wildman–Crippen MR) is 104 cm³/mol. The second-order valence-electron chi connectivity index (χ2n) is 6.51. The van der Waals surface area contributed by atoms with Gasteiger partial charge in [0.15, 0.2) is 6.61 Å². The van der Waals surface area contributed by atoms with Crippen LogP contribution >= 0.6 is 0 Å². The van der Waals surface area contributed by atoms with E-state index in [1.807, 2.05) is 0 Å². The van der Waals surface area contributed by atoms with Gasteiger partial charge in [0.25, 0.3) is 5.91 Å². The number of carbonyl (C=O) groups is 2. The van der Waals surface area contributed by atoms with E-state index in [2.05, 4.69) is 5.92 Å². The van der Waals surface area contributed by atoms with Crippen molar-refractivity contribution in [3.05, 3.63) is 59.9 Å². The van der Waals surface area contributed by atoms with E-state index in [1.54, 1.807) is 41.3 Å². The molecule has 1 heterocycles. The summed E-state index contributed by atoms with van der Waals surface area (Å²) in [6.07, 6.45) is 6.80. The maximum Gasteiger partial charge on any atom is 0.261 e. The van der Waals surface area contributed by atoms with Gasteiger partial charge in [-0.1, -0.05) is 18.1 Å². The smallest absolute Gasteiger partial charge is 0.261 e. The number of hydrogen-bond acceptors (Lipinski definition) is 3. The number of nitrogens with zero attached hydrogens (tertiary/aromatic N) is 2. The molecule has 0 atom stereocenters. The SMILES string of the molecule is C#CCN(Cc1ccc(F)cc1)C(=O)COc1ccc(N2CCCC2=O)cc1. The van der Waals surface area contributed by atoms with E-state index in [0.717, 1.165) is 24.2 Å². The molecule has 1 saturated heterocycles. The summed E-state index contributed by atoms with van der Waals surface area (Å²) >= 11 is 0. The molecule has 1 fully saturated rings. The van der Waals surface area contributed by atoms with Crippen LogP contribution in [-0.2, 0) is 16.1 Å². The Morgan fingerprint density at radius 2 is 1.89 bits per heavy atom. The third kappa shape index (κ3) is 4.89. The quantitative estimate of drug-likeness (QED) is 0.694. The van der Waals surface area contributed by atoms with Crippen molar-refractivity contribution in [1.29, 1.82) is 0 Å². The van der Waals surface area contributed by atoms with E-state index in [-0.39, 0.29) is 37.3 Å². The van der Waals surface area contributed by atoms with Crippen molar-refractivity contribution in [2.45, 2.75) is 19.4 Å². The Kier molecular flexibility index (Phi) is 6.28. The van der Waals surface area contributed by atoms with Gasteiger partial charge in [-0.05, 0) is 48.4 Å². The highest BCUT2D eigenvalue weighted by atomic mass is 19.1. The van der Waals surface area contributed by atoms with Crippen molar-refractivity contribution < 1.29 is 18.7 Å². The van der Waals surface area contributed by atoms with E-state index >= 15 is 0 Å². The number of terminal acetylenes is 1. The summed E-state index contributed by atoms with van der Waals surface area (Å²) in [4.78, 5) is 27.5. The average molecular weight is 380 g/mol. The molecule has 2 amide bonds. The van der Waals surface area contributed by atoms with Crippen LogP contribution in [0.25, 0.3) is 0 Å². The first-order chi connectivity index (χ1) is 13.6. The Labute approximate surface area is 163 Å². The Morgan fingerprint density at radius 1 is 1.18 bits per heavy atom. The van der Waals surface area contributed by atoms with Crippen molar-refractivity contribution in [3.63, 3.8) is 0 Å². The lowest BCUT2D eigenvalue weighted by molar-refractivity contribution is -0.133. The van der Waals surface area contributed by atoms with Gasteiger partial charge >= 0.3 is 0 Å². The lowest BCUT2D eigenvalue weighted by atomic mass is 10.2. The molecular weight excluding hydrogens is 359 g/mol. The summed E-state index contributed by atoms with van der Waals surface area (Å²) in [6, 6.07) is 13.0. The molecule has 3 rings (SSSR count). The Balaban J connectivity index is 1.57. The van der Waals surface area contributed by atoms with Crippen LogP contribution in [-0.4, -0.2) is 36.4 Å². The molecule has 0 saturated carbocycles. The first-order valence-corrected chi connectivity index (χ1v) is 9.06. The van der Waals surface area contributed by atoms with Crippen molar-refractivity contribution in [2.75, 3.05) is 24.6 Å². The number of halogens is 1. The second kappa shape index (κ2) is 9.05. The van der Waals surface area contributed by atoms with Crippen molar-refractivity contribution in [2.24, 2.45) is 0 Å².